The third-order valence-corrected chi connectivity index (χ3v) is 3.67. The molecule has 0 radical (unpaired) electrons. The SMILES string of the molecule is NC(=O)C(c1ccc(Cl)cc1)c1c[nH]c2ccccc12. The zero-order valence-corrected chi connectivity index (χ0v) is 11.4. The van der Waals surface area contributed by atoms with Crippen LogP contribution in [0.1, 0.15) is 17.0 Å². The predicted molar refractivity (Wildman–Crippen MR) is 80.8 cm³/mol. The van der Waals surface area contributed by atoms with Gasteiger partial charge in [-0.3, -0.25) is 4.79 Å². The maximum Gasteiger partial charge on any atom is 0.229 e. The van der Waals surface area contributed by atoms with E-state index >= 15 is 0 Å². The van der Waals surface area contributed by atoms with Crippen molar-refractivity contribution in [1.82, 2.24) is 4.98 Å². The number of nitrogens with two attached hydrogens (primary N) is 1. The quantitative estimate of drug-likeness (QED) is 0.760. The molecule has 0 aliphatic heterocycles. The van der Waals surface area contributed by atoms with Gasteiger partial charge in [-0.15, -0.1) is 0 Å². The van der Waals surface area contributed by atoms with Crippen LogP contribution in [0.5, 0.6) is 0 Å². The molecule has 1 unspecified atom stereocenters. The molecule has 3 aromatic rings. The largest absolute Gasteiger partial charge is 0.369 e. The van der Waals surface area contributed by atoms with Crippen LogP contribution in [0.15, 0.2) is 54.7 Å². The first-order valence-corrected chi connectivity index (χ1v) is 6.65. The Hall–Kier alpha value is -2.26. The molecule has 0 aliphatic rings. The molecule has 1 atom stereocenters. The van der Waals surface area contributed by atoms with Crippen molar-refractivity contribution in [2.24, 2.45) is 5.73 Å². The minimum Gasteiger partial charge on any atom is -0.369 e. The lowest BCUT2D eigenvalue weighted by Crippen LogP contribution is -2.22. The Morgan fingerprint density at radius 3 is 2.50 bits per heavy atom. The van der Waals surface area contributed by atoms with Crippen molar-refractivity contribution in [1.29, 1.82) is 0 Å². The van der Waals surface area contributed by atoms with Crippen molar-refractivity contribution in [3.8, 4) is 0 Å². The van der Waals surface area contributed by atoms with E-state index in [1.165, 1.54) is 0 Å². The first-order valence-electron chi connectivity index (χ1n) is 6.27. The van der Waals surface area contributed by atoms with E-state index in [1.807, 2.05) is 42.6 Å². The molecule has 3 N–H and O–H groups in total. The lowest BCUT2D eigenvalue weighted by Gasteiger charge is -2.13. The topological polar surface area (TPSA) is 58.9 Å². The lowest BCUT2D eigenvalue weighted by atomic mass is 9.90. The van der Waals surface area contributed by atoms with Gasteiger partial charge in [-0.2, -0.15) is 0 Å². The highest BCUT2D eigenvalue weighted by molar-refractivity contribution is 6.30. The number of nitrogens with one attached hydrogen (secondary N) is 1. The Bertz CT molecular complexity index is 762. The van der Waals surface area contributed by atoms with Gasteiger partial charge in [-0.25, -0.2) is 0 Å². The maximum atomic E-state index is 11.9. The van der Waals surface area contributed by atoms with Crippen molar-refractivity contribution in [3.05, 3.63) is 70.9 Å². The van der Waals surface area contributed by atoms with Crippen LogP contribution in [-0.4, -0.2) is 10.9 Å². The minimum absolute atomic E-state index is 0.378. The second-order valence-corrected chi connectivity index (χ2v) is 5.11. The van der Waals surface area contributed by atoms with Gasteiger partial charge < -0.3 is 10.7 Å². The van der Waals surface area contributed by atoms with E-state index in [0.29, 0.717) is 5.02 Å². The van der Waals surface area contributed by atoms with Crippen LogP contribution in [0.25, 0.3) is 10.9 Å². The number of carbonyl (C=O) groups is 1. The Labute approximate surface area is 121 Å². The van der Waals surface area contributed by atoms with Crippen LogP contribution in [0, 0.1) is 0 Å². The van der Waals surface area contributed by atoms with E-state index in [4.69, 9.17) is 17.3 Å². The maximum absolute atomic E-state index is 11.9. The Balaban J connectivity index is 2.16. The van der Waals surface area contributed by atoms with Gasteiger partial charge in [0.15, 0.2) is 0 Å². The third kappa shape index (κ3) is 2.17. The number of aromatic nitrogens is 1. The predicted octanol–water partition coefficient (Wildman–Crippen LogP) is 3.44. The molecule has 0 bridgehead atoms. The van der Waals surface area contributed by atoms with Gasteiger partial charge in [0.1, 0.15) is 0 Å². The normalized spacial score (nSPS) is 12.4. The Morgan fingerprint density at radius 1 is 1.10 bits per heavy atom. The summed E-state index contributed by atoms with van der Waals surface area (Å²) in [7, 11) is 0. The number of H-pyrrole nitrogens is 1. The number of fused-ring (bicyclic) bond motifs is 1. The number of benzene rings is 2. The average Bonchev–Trinajstić information content (AvgIpc) is 2.85. The van der Waals surface area contributed by atoms with Crippen LogP contribution in [-0.2, 0) is 4.79 Å². The van der Waals surface area contributed by atoms with Crippen LogP contribution in [0.4, 0.5) is 0 Å². The zero-order valence-electron chi connectivity index (χ0n) is 10.6. The number of rotatable bonds is 3. The van der Waals surface area contributed by atoms with Crippen LogP contribution >= 0.6 is 11.6 Å². The van der Waals surface area contributed by atoms with Crippen LogP contribution in [0.2, 0.25) is 5.02 Å². The molecule has 2 aromatic carbocycles. The van der Waals surface area contributed by atoms with Crippen molar-refractivity contribution >= 4 is 28.4 Å². The first-order chi connectivity index (χ1) is 9.66. The van der Waals surface area contributed by atoms with Crippen molar-refractivity contribution in [2.75, 3.05) is 0 Å². The monoisotopic (exact) mass is 284 g/mol. The number of hydrogen-bond acceptors (Lipinski definition) is 1. The molecule has 3 nitrogen and oxygen atoms in total. The smallest absolute Gasteiger partial charge is 0.229 e. The van der Waals surface area contributed by atoms with Crippen LogP contribution < -0.4 is 5.73 Å². The van der Waals surface area contributed by atoms with Crippen molar-refractivity contribution in [2.45, 2.75) is 5.92 Å². The summed E-state index contributed by atoms with van der Waals surface area (Å²) in [5, 5.41) is 1.64. The molecule has 3 rings (SSSR count). The van der Waals surface area contributed by atoms with Gasteiger partial charge in [-0.1, -0.05) is 41.9 Å². The van der Waals surface area contributed by atoms with Gasteiger partial charge >= 0.3 is 0 Å². The fourth-order valence-electron chi connectivity index (χ4n) is 2.49. The number of hydrogen-bond donors (Lipinski definition) is 2. The molecule has 1 heterocycles. The van der Waals surface area contributed by atoms with Gasteiger partial charge in [0.05, 0.1) is 5.92 Å². The van der Waals surface area contributed by atoms with E-state index in [1.54, 1.807) is 12.1 Å². The van der Waals surface area contributed by atoms with E-state index in [2.05, 4.69) is 4.98 Å². The summed E-state index contributed by atoms with van der Waals surface area (Å²) in [6, 6.07) is 15.0. The van der Waals surface area contributed by atoms with Gasteiger partial charge in [0.25, 0.3) is 0 Å². The highest BCUT2D eigenvalue weighted by Gasteiger charge is 2.23. The van der Waals surface area contributed by atoms with Gasteiger partial charge in [-0.05, 0) is 29.3 Å². The summed E-state index contributed by atoms with van der Waals surface area (Å²) in [6.45, 7) is 0. The zero-order chi connectivity index (χ0) is 14.1. The molecule has 0 saturated carbocycles. The van der Waals surface area contributed by atoms with Crippen molar-refractivity contribution in [3.63, 3.8) is 0 Å². The number of halogens is 1. The lowest BCUT2D eigenvalue weighted by molar-refractivity contribution is -0.118. The second kappa shape index (κ2) is 5.02. The number of amides is 1. The van der Waals surface area contributed by atoms with Crippen LogP contribution in [0.3, 0.4) is 0 Å². The molecule has 0 fully saturated rings. The van der Waals surface area contributed by atoms with E-state index in [0.717, 1.165) is 22.0 Å². The summed E-state index contributed by atoms with van der Waals surface area (Å²) >= 11 is 5.89. The minimum atomic E-state index is -0.483. The fourth-order valence-corrected chi connectivity index (χ4v) is 2.61. The molecule has 0 spiro atoms. The summed E-state index contributed by atoms with van der Waals surface area (Å²) < 4.78 is 0. The first kappa shape index (κ1) is 12.8. The Kier molecular flexibility index (Phi) is 3.20. The highest BCUT2D eigenvalue weighted by atomic mass is 35.5. The standard InChI is InChI=1S/C16H13ClN2O/c17-11-7-5-10(6-8-11)15(16(18)20)13-9-19-14-4-2-1-3-12(13)14/h1-9,15,19H,(H2,18,20). The number of para-hydroxylation sites is 1. The molecule has 0 saturated heterocycles. The number of aromatic amines is 1. The summed E-state index contributed by atoms with van der Waals surface area (Å²) in [4.78, 5) is 15.1. The number of primary amides is 1. The van der Waals surface area contributed by atoms with Gasteiger partial charge in [0.2, 0.25) is 5.91 Å². The summed E-state index contributed by atoms with van der Waals surface area (Å²) in [6.07, 6.45) is 1.84. The van der Waals surface area contributed by atoms with E-state index in [-0.39, 0.29) is 5.91 Å². The van der Waals surface area contributed by atoms with E-state index < -0.39 is 5.92 Å². The molecule has 0 aliphatic carbocycles. The fraction of sp³-hybridized carbons (Fsp3) is 0.0625. The molecule has 4 heteroatoms. The van der Waals surface area contributed by atoms with Crippen molar-refractivity contribution < 1.29 is 4.79 Å². The summed E-state index contributed by atoms with van der Waals surface area (Å²) in [5.74, 6) is -0.861. The third-order valence-electron chi connectivity index (χ3n) is 3.42. The number of carbonyl (C=O) groups excluding carboxylic acids is 1. The van der Waals surface area contributed by atoms with Gasteiger partial charge in [0, 0.05) is 22.1 Å². The molecular weight excluding hydrogens is 272 g/mol. The van der Waals surface area contributed by atoms with E-state index in [9.17, 15) is 4.79 Å². The molecular formula is C16H13ClN2O. The molecule has 20 heavy (non-hydrogen) atoms. The highest BCUT2D eigenvalue weighted by Crippen LogP contribution is 2.31. The molecule has 100 valence electrons. The average molecular weight is 285 g/mol. The molecule has 1 aromatic heterocycles. The Morgan fingerprint density at radius 2 is 1.80 bits per heavy atom. The second-order valence-electron chi connectivity index (χ2n) is 4.68. The molecule has 1 amide bonds. The summed E-state index contributed by atoms with van der Waals surface area (Å²) in [5.41, 5.74) is 8.32.